The Balaban J connectivity index is 2.05. The van der Waals surface area contributed by atoms with Crippen molar-refractivity contribution < 1.29 is 4.79 Å². The average Bonchev–Trinajstić information content (AvgIpc) is 3.03. The van der Waals surface area contributed by atoms with Gasteiger partial charge in [0.2, 0.25) is 0 Å². The van der Waals surface area contributed by atoms with Crippen molar-refractivity contribution in [2.45, 2.75) is 26.4 Å². The fourth-order valence-corrected chi connectivity index (χ4v) is 3.12. The van der Waals surface area contributed by atoms with Crippen LogP contribution >= 0.6 is 0 Å². The summed E-state index contributed by atoms with van der Waals surface area (Å²) in [4.78, 5) is 19.7. The molecule has 0 aliphatic carbocycles. The highest BCUT2D eigenvalue weighted by Crippen LogP contribution is 2.25. The summed E-state index contributed by atoms with van der Waals surface area (Å²) in [6.07, 6.45) is 1.73. The molecule has 0 unspecified atom stereocenters. The normalized spacial score (nSPS) is 12.5. The summed E-state index contributed by atoms with van der Waals surface area (Å²) in [5.74, 6) is -0.0976. The van der Waals surface area contributed by atoms with Gasteiger partial charge in [-0.2, -0.15) is 5.10 Å². The van der Waals surface area contributed by atoms with Crippen molar-refractivity contribution in [2.24, 2.45) is 0 Å². The van der Waals surface area contributed by atoms with Crippen LogP contribution in [-0.4, -0.2) is 52.3 Å². The lowest BCUT2D eigenvalue weighted by Gasteiger charge is -2.18. The number of rotatable bonds is 6. The Bertz CT molecular complexity index is 901. The van der Waals surface area contributed by atoms with E-state index in [0.29, 0.717) is 12.1 Å². The minimum absolute atomic E-state index is 0.0436. The topological polar surface area (TPSA) is 63.1 Å². The molecule has 6 nitrogen and oxygen atoms in total. The fraction of sp³-hybridized carbons (Fsp3) is 0.350. The van der Waals surface area contributed by atoms with E-state index in [-0.39, 0.29) is 11.9 Å². The van der Waals surface area contributed by atoms with Crippen LogP contribution in [0.5, 0.6) is 0 Å². The third-order valence-electron chi connectivity index (χ3n) is 4.24. The highest BCUT2D eigenvalue weighted by atomic mass is 16.1. The first-order valence-electron chi connectivity index (χ1n) is 8.87. The molecule has 0 spiro atoms. The Morgan fingerprint density at radius 2 is 2.00 bits per heavy atom. The van der Waals surface area contributed by atoms with E-state index < -0.39 is 0 Å². The number of fused-ring (bicyclic) bond motifs is 1. The van der Waals surface area contributed by atoms with Crippen molar-refractivity contribution in [3.8, 4) is 11.3 Å². The van der Waals surface area contributed by atoms with Crippen LogP contribution in [0.25, 0.3) is 22.3 Å². The van der Waals surface area contributed by atoms with Gasteiger partial charge in [-0.3, -0.25) is 4.79 Å². The lowest BCUT2D eigenvalue weighted by molar-refractivity contribution is 0.0936. The van der Waals surface area contributed by atoms with E-state index in [1.165, 1.54) is 0 Å². The second-order valence-corrected chi connectivity index (χ2v) is 6.76. The Kier molecular flexibility index (Phi) is 5.32. The minimum atomic E-state index is -0.0976. The smallest absolute Gasteiger partial charge is 0.252 e. The molecule has 0 saturated heterocycles. The predicted octanol–water partition coefficient (Wildman–Crippen LogP) is 2.80. The fourth-order valence-electron chi connectivity index (χ4n) is 3.12. The number of nitrogens with zero attached hydrogens (tertiary/aromatic N) is 4. The van der Waals surface area contributed by atoms with Gasteiger partial charge in [0.05, 0.1) is 22.8 Å². The van der Waals surface area contributed by atoms with Gasteiger partial charge in [-0.15, -0.1) is 0 Å². The first-order valence-corrected chi connectivity index (χ1v) is 8.87. The zero-order valence-corrected chi connectivity index (χ0v) is 15.7. The zero-order valence-electron chi connectivity index (χ0n) is 15.7. The number of aromatic nitrogens is 3. The van der Waals surface area contributed by atoms with E-state index in [1.54, 1.807) is 6.20 Å². The van der Waals surface area contributed by atoms with Crippen molar-refractivity contribution in [3.05, 3.63) is 48.2 Å². The molecule has 136 valence electrons. The largest absolute Gasteiger partial charge is 0.348 e. The zero-order chi connectivity index (χ0) is 18.7. The summed E-state index contributed by atoms with van der Waals surface area (Å²) in [5.41, 5.74) is 3.10. The molecule has 0 aliphatic rings. The second kappa shape index (κ2) is 7.66. The number of carbonyl (C=O) groups excluding carboxylic acids is 1. The van der Waals surface area contributed by atoms with Crippen LogP contribution < -0.4 is 5.32 Å². The van der Waals surface area contributed by atoms with Crippen molar-refractivity contribution >= 4 is 16.9 Å². The Labute approximate surface area is 153 Å². The number of amides is 1. The number of likely N-dealkylation sites (N-methyl/N-ethyl adjacent to an activating group) is 1. The molecule has 2 heterocycles. The molecule has 0 bridgehead atoms. The summed E-state index contributed by atoms with van der Waals surface area (Å²) in [6.45, 7) is 5.50. The van der Waals surface area contributed by atoms with Crippen LogP contribution in [-0.2, 0) is 6.54 Å². The van der Waals surface area contributed by atoms with E-state index in [4.69, 9.17) is 4.98 Å². The van der Waals surface area contributed by atoms with Crippen molar-refractivity contribution in [3.63, 3.8) is 0 Å². The third-order valence-corrected chi connectivity index (χ3v) is 4.24. The van der Waals surface area contributed by atoms with E-state index in [0.717, 1.165) is 28.8 Å². The maximum atomic E-state index is 12.9. The van der Waals surface area contributed by atoms with Crippen LogP contribution in [0.3, 0.4) is 0 Å². The van der Waals surface area contributed by atoms with E-state index in [9.17, 15) is 4.79 Å². The van der Waals surface area contributed by atoms with Crippen molar-refractivity contribution in [1.29, 1.82) is 0 Å². The van der Waals surface area contributed by atoms with Gasteiger partial charge in [-0.05, 0) is 34.0 Å². The second-order valence-electron chi connectivity index (χ2n) is 6.76. The van der Waals surface area contributed by atoms with Gasteiger partial charge in [0.25, 0.3) is 5.91 Å². The van der Waals surface area contributed by atoms with Crippen LogP contribution in [0.4, 0.5) is 0 Å². The van der Waals surface area contributed by atoms with Crippen LogP contribution in [0.15, 0.2) is 42.6 Å². The molecule has 26 heavy (non-hydrogen) atoms. The monoisotopic (exact) mass is 351 g/mol. The molecule has 0 fully saturated rings. The molecule has 3 aromatic rings. The summed E-state index contributed by atoms with van der Waals surface area (Å²) >= 11 is 0. The molecule has 6 heteroatoms. The Hall–Kier alpha value is -2.73. The average molecular weight is 351 g/mol. The molecule has 1 aromatic carbocycles. The predicted molar refractivity (Wildman–Crippen MR) is 104 cm³/mol. The van der Waals surface area contributed by atoms with Gasteiger partial charge in [-0.25, -0.2) is 9.67 Å². The molecular weight excluding hydrogens is 326 g/mol. The highest BCUT2D eigenvalue weighted by molar-refractivity contribution is 6.06. The maximum absolute atomic E-state index is 12.9. The highest BCUT2D eigenvalue weighted by Gasteiger charge is 2.18. The summed E-state index contributed by atoms with van der Waals surface area (Å²) in [5, 5.41) is 8.24. The van der Waals surface area contributed by atoms with Gasteiger partial charge >= 0.3 is 0 Å². The molecule has 2 aromatic heterocycles. The number of carbonyl (C=O) groups is 1. The number of hydrogen-bond donors (Lipinski definition) is 1. The summed E-state index contributed by atoms with van der Waals surface area (Å²) in [6, 6.07) is 11.8. The van der Waals surface area contributed by atoms with Gasteiger partial charge in [0.1, 0.15) is 0 Å². The van der Waals surface area contributed by atoms with Gasteiger partial charge < -0.3 is 10.2 Å². The van der Waals surface area contributed by atoms with Crippen molar-refractivity contribution in [2.75, 3.05) is 20.6 Å². The van der Waals surface area contributed by atoms with Crippen LogP contribution in [0.2, 0.25) is 0 Å². The quantitative estimate of drug-likeness (QED) is 0.742. The molecule has 0 radical (unpaired) electrons. The molecule has 1 atom stereocenters. The van der Waals surface area contributed by atoms with Gasteiger partial charge in [-0.1, -0.05) is 30.3 Å². The minimum Gasteiger partial charge on any atom is -0.348 e. The van der Waals surface area contributed by atoms with E-state index in [2.05, 4.69) is 15.3 Å². The van der Waals surface area contributed by atoms with Gasteiger partial charge in [0.15, 0.2) is 5.65 Å². The molecule has 1 N–H and O–H groups in total. The van der Waals surface area contributed by atoms with Crippen LogP contribution in [0, 0.1) is 0 Å². The standard InChI is InChI=1S/C20H25N5O/c1-5-25-19-17(12-21-25)16(20(26)22-14(2)13-24(3)4)11-18(23-19)15-9-7-6-8-10-15/h6-12,14H,5,13H2,1-4H3,(H,22,26)/t14-/m0/s1. The number of pyridine rings is 1. The number of benzene rings is 1. The van der Waals surface area contributed by atoms with Gasteiger partial charge in [0, 0.05) is 24.7 Å². The summed E-state index contributed by atoms with van der Waals surface area (Å²) < 4.78 is 1.82. The maximum Gasteiger partial charge on any atom is 0.252 e. The number of aryl methyl sites for hydroxylation is 1. The number of hydrogen-bond acceptors (Lipinski definition) is 4. The molecule has 0 saturated carbocycles. The molecule has 3 rings (SSSR count). The molecule has 1 amide bonds. The number of nitrogens with one attached hydrogen (secondary N) is 1. The molecule has 0 aliphatic heterocycles. The Morgan fingerprint density at radius 3 is 2.65 bits per heavy atom. The lowest BCUT2D eigenvalue weighted by Crippen LogP contribution is -2.39. The first kappa shape index (κ1) is 18.1. The Morgan fingerprint density at radius 1 is 1.27 bits per heavy atom. The lowest BCUT2D eigenvalue weighted by atomic mass is 10.1. The molecular formula is C20H25N5O. The first-order chi connectivity index (χ1) is 12.5. The van der Waals surface area contributed by atoms with Crippen molar-refractivity contribution in [1.82, 2.24) is 25.0 Å². The SMILES string of the molecule is CCn1ncc2c(C(=O)N[C@@H](C)CN(C)C)cc(-c3ccccc3)nc21. The summed E-state index contributed by atoms with van der Waals surface area (Å²) in [7, 11) is 3.98. The third kappa shape index (κ3) is 3.75. The van der Waals surface area contributed by atoms with E-state index in [1.807, 2.05) is 69.0 Å². The van der Waals surface area contributed by atoms with E-state index >= 15 is 0 Å². The van der Waals surface area contributed by atoms with Crippen LogP contribution in [0.1, 0.15) is 24.2 Å².